The van der Waals surface area contributed by atoms with Crippen molar-refractivity contribution in [3.05, 3.63) is 34.0 Å². The van der Waals surface area contributed by atoms with E-state index >= 15 is 0 Å². The third-order valence-corrected chi connectivity index (χ3v) is 5.78. The molecule has 0 aromatic carbocycles. The Bertz CT molecular complexity index is 886. The molecular weight excluding hydrogens is 425 g/mol. The molecule has 0 spiro atoms. The van der Waals surface area contributed by atoms with Crippen molar-refractivity contribution in [2.75, 3.05) is 13.1 Å². The number of halogens is 3. The first-order valence-corrected chi connectivity index (χ1v) is 10.2. The van der Waals surface area contributed by atoms with Gasteiger partial charge in [0.15, 0.2) is 0 Å². The summed E-state index contributed by atoms with van der Waals surface area (Å²) >= 11 is 1.64. The van der Waals surface area contributed by atoms with Crippen molar-refractivity contribution in [3.63, 3.8) is 0 Å². The number of carbonyl (C=O) groups excluding carboxylic acids is 1. The van der Waals surface area contributed by atoms with Crippen LogP contribution in [0.25, 0.3) is 0 Å². The highest BCUT2D eigenvalue weighted by atomic mass is 32.1. The lowest BCUT2D eigenvalue weighted by Gasteiger charge is -2.19. The number of alkyl halides is 3. The van der Waals surface area contributed by atoms with E-state index in [1.54, 1.807) is 16.0 Å². The molecule has 2 saturated heterocycles. The molecule has 164 valence electrons. The number of aromatic nitrogens is 3. The van der Waals surface area contributed by atoms with Gasteiger partial charge >= 0.3 is 12.1 Å². The van der Waals surface area contributed by atoms with Crippen molar-refractivity contribution >= 4 is 23.2 Å². The highest BCUT2D eigenvalue weighted by Gasteiger charge is 2.45. The number of hydrogen-bond donors (Lipinski definition) is 1. The van der Waals surface area contributed by atoms with E-state index in [1.807, 2.05) is 36.4 Å². The summed E-state index contributed by atoms with van der Waals surface area (Å²) in [6.45, 7) is 6.06. The van der Waals surface area contributed by atoms with E-state index in [4.69, 9.17) is 14.6 Å². The molecule has 3 atom stereocenters. The Labute approximate surface area is 174 Å². The molecule has 2 aromatic rings. The number of carbonyl (C=O) groups is 2. The number of fused-ring (bicyclic) bond motifs is 1. The number of aryl methyl sites for hydroxylation is 2. The highest BCUT2D eigenvalue weighted by Crippen LogP contribution is 2.41. The van der Waals surface area contributed by atoms with Crippen LogP contribution in [0, 0.1) is 12.8 Å². The van der Waals surface area contributed by atoms with Gasteiger partial charge in [-0.2, -0.15) is 18.3 Å². The number of thiazole rings is 1. The van der Waals surface area contributed by atoms with Crippen molar-refractivity contribution in [3.8, 4) is 0 Å². The van der Waals surface area contributed by atoms with E-state index in [2.05, 4.69) is 10.1 Å². The van der Waals surface area contributed by atoms with Gasteiger partial charge in [0.2, 0.25) is 0 Å². The molecule has 12 heteroatoms. The summed E-state index contributed by atoms with van der Waals surface area (Å²) in [6.07, 6.45) is -2.08. The zero-order valence-electron chi connectivity index (χ0n) is 16.3. The van der Waals surface area contributed by atoms with Crippen LogP contribution < -0.4 is 0 Å². The summed E-state index contributed by atoms with van der Waals surface area (Å²) in [7, 11) is 0. The Morgan fingerprint density at radius 3 is 2.60 bits per heavy atom. The normalized spacial score (nSPS) is 23.1. The lowest BCUT2D eigenvalue weighted by atomic mass is 10.0. The van der Waals surface area contributed by atoms with Crippen molar-refractivity contribution in [2.24, 2.45) is 5.92 Å². The minimum Gasteiger partial charge on any atom is -0.475 e. The number of nitrogens with zero attached hydrogens (tertiary/aromatic N) is 4. The Morgan fingerprint density at radius 2 is 2.07 bits per heavy atom. The molecule has 8 nitrogen and oxygen atoms in total. The molecule has 0 aliphatic carbocycles. The number of amides is 1. The second-order valence-electron chi connectivity index (χ2n) is 7.03. The molecule has 4 rings (SSSR count). The van der Waals surface area contributed by atoms with Crippen LogP contribution in [0.4, 0.5) is 13.2 Å². The van der Waals surface area contributed by atoms with E-state index in [0.29, 0.717) is 24.7 Å². The van der Waals surface area contributed by atoms with Gasteiger partial charge < -0.3 is 14.7 Å². The number of hydrogen-bond acceptors (Lipinski definition) is 6. The summed E-state index contributed by atoms with van der Waals surface area (Å²) in [6, 6.07) is 1.87. The van der Waals surface area contributed by atoms with E-state index in [9.17, 15) is 18.0 Å². The van der Waals surface area contributed by atoms with Crippen LogP contribution in [-0.4, -0.2) is 62.0 Å². The molecule has 0 saturated carbocycles. The fraction of sp³-hybridized carbons (Fsp3) is 0.556. The van der Waals surface area contributed by atoms with Crippen LogP contribution in [-0.2, 0) is 16.1 Å². The lowest BCUT2D eigenvalue weighted by Crippen LogP contribution is -2.32. The molecule has 0 bridgehead atoms. The monoisotopic (exact) mass is 446 g/mol. The minimum atomic E-state index is -5.08. The molecule has 0 unspecified atom stereocenters. The Balaban J connectivity index is 0.000000318. The zero-order chi connectivity index (χ0) is 22.1. The summed E-state index contributed by atoms with van der Waals surface area (Å²) in [4.78, 5) is 27.9. The Kier molecular flexibility index (Phi) is 6.46. The van der Waals surface area contributed by atoms with Crippen molar-refractivity contribution < 1.29 is 32.6 Å². The standard InChI is InChI=1S/C16H20N4O2S.C2HF3O2/c1-3-20-12(6-10(2)18-20)16(21)19-8-11-7-13(22-14(11)9-19)15-17-4-5-23-15;3-2(4,5)1(6)7/h4-6,11,13-14H,3,7-9H2,1-2H3;(H,6,7)/t11-,13-,14+;/m0./s1. The largest absolute Gasteiger partial charge is 0.490 e. The van der Waals surface area contributed by atoms with Gasteiger partial charge in [0, 0.05) is 37.1 Å². The highest BCUT2D eigenvalue weighted by molar-refractivity contribution is 7.09. The molecule has 2 fully saturated rings. The predicted octanol–water partition coefficient (Wildman–Crippen LogP) is 2.90. The maximum Gasteiger partial charge on any atom is 0.490 e. The van der Waals surface area contributed by atoms with Crippen LogP contribution in [0.5, 0.6) is 0 Å². The van der Waals surface area contributed by atoms with Gasteiger partial charge in [0.25, 0.3) is 5.91 Å². The summed E-state index contributed by atoms with van der Waals surface area (Å²) in [5, 5.41) is 14.5. The van der Waals surface area contributed by atoms with Gasteiger partial charge in [-0.3, -0.25) is 9.48 Å². The first-order valence-electron chi connectivity index (χ1n) is 9.28. The SMILES string of the molecule is CCn1nc(C)cc1C(=O)N1C[C@@H]2C[C@@H](c3nccs3)O[C@@H]2C1.O=C(O)C(F)(F)F. The van der Waals surface area contributed by atoms with Crippen LogP contribution in [0.2, 0.25) is 0 Å². The molecule has 2 aliphatic heterocycles. The van der Waals surface area contributed by atoms with Gasteiger partial charge in [-0.05, 0) is 26.3 Å². The second kappa shape index (κ2) is 8.72. The van der Waals surface area contributed by atoms with E-state index in [1.165, 1.54) is 0 Å². The molecule has 2 aliphatic rings. The first-order chi connectivity index (χ1) is 14.1. The van der Waals surface area contributed by atoms with Crippen LogP contribution in [0.15, 0.2) is 17.6 Å². The predicted molar refractivity (Wildman–Crippen MR) is 100 cm³/mol. The fourth-order valence-corrected chi connectivity index (χ4v) is 4.29. The molecule has 1 N–H and O–H groups in total. The lowest BCUT2D eigenvalue weighted by molar-refractivity contribution is -0.192. The molecular formula is C18H21F3N4O4S. The van der Waals surface area contributed by atoms with Gasteiger partial charge in [-0.15, -0.1) is 11.3 Å². The Hall–Kier alpha value is -2.47. The summed E-state index contributed by atoms with van der Waals surface area (Å²) in [5.74, 6) is -2.28. The molecule has 1 amide bonds. The molecule has 30 heavy (non-hydrogen) atoms. The third-order valence-electron chi connectivity index (χ3n) is 4.91. The zero-order valence-corrected chi connectivity index (χ0v) is 17.1. The van der Waals surface area contributed by atoms with Gasteiger partial charge in [-0.25, -0.2) is 9.78 Å². The maximum atomic E-state index is 12.8. The number of ether oxygens (including phenoxy) is 1. The van der Waals surface area contributed by atoms with E-state index in [0.717, 1.165) is 23.7 Å². The smallest absolute Gasteiger partial charge is 0.475 e. The van der Waals surface area contributed by atoms with Crippen molar-refractivity contribution in [1.29, 1.82) is 0 Å². The topological polar surface area (TPSA) is 97.5 Å². The van der Waals surface area contributed by atoms with E-state index < -0.39 is 12.1 Å². The number of carboxylic acid groups (broad SMARTS) is 1. The minimum absolute atomic E-state index is 0.0660. The van der Waals surface area contributed by atoms with Gasteiger partial charge in [-0.1, -0.05) is 0 Å². The number of aliphatic carboxylic acids is 1. The van der Waals surface area contributed by atoms with Crippen LogP contribution in [0.3, 0.4) is 0 Å². The van der Waals surface area contributed by atoms with Crippen molar-refractivity contribution in [2.45, 2.75) is 45.2 Å². The first kappa shape index (κ1) is 22.2. The quantitative estimate of drug-likeness (QED) is 0.779. The third kappa shape index (κ3) is 4.81. The van der Waals surface area contributed by atoms with Gasteiger partial charge in [0.1, 0.15) is 16.8 Å². The molecule has 0 radical (unpaired) electrons. The number of likely N-dealkylation sites (tertiary alicyclic amines) is 1. The van der Waals surface area contributed by atoms with Crippen molar-refractivity contribution in [1.82, 2.24) is 19.7 Å². The second-order valence-corrected chi connectivity index (χ2v) is 7.96. The van der Waals surface area contributed by atoms with Crippen LogP contribution in [0.1, 0.15) is 40.6 Å². The molecule has 2 aromatic heterocycles. The average Bonchev–Trinajstić information content (AvgIpc) is 3.42. The average molecular weight is 446 g/mol. The number of rotatable bonds is 3. The molecule has 4 heterocycles. The summed E-state index contributed by atoms with van der Waals surface area (Å²) < 4.78 is 39.7. The van der Waals surface area contributed by atoms with Crippen LogP contribution >= 0.6 is 11.3 Å². The maximum absolute atomic E-state index is 12.8. The summed E-state index contributed by atoms with van der Waals surface area (Å²) in [5.41, 5.74) is 1.57. The Morgan fingerprint density at radius 1 is 1.37 bits per heavy atom. The van der Waals surface area contributed by atoms with E-state index in [-0.39, 0.29) is 18.1 Å². The number of carboxylic acids is 1. The van der Waals surface area contributed by atoms with Gasteiger partial charge in [0.05, 0.1) is 11.8 Å². The fourth-order valence-electron chi connectivity index (χ4n) is 3.60.